The average Bonchev–Trinajstić information content (AvgIpc) is 2.98. The highest BCUT2D eigenvalue weighted by Gasteiger charge is 2.20. The minimum absolute atomic E-state index is 0.702. The molecule has 2 heterocycles. The largest absolute Gasteiger partial charge is 0.673 e. The molecule has 0 radical (unpaired) electrons. The smallest absolute Gasteiger partial charge is 0.418 e. The third kappa shape index (κ3) is 4.05. The Balaban J connectivity index is 0.000000324. The molecule has 0 aliphatic carbocycles. The number of benzene rings is 2. The molecule has 0 spiro atoms. The van der Waals surface area contributed by atoms with Gasteiger partial charge in [-0.1, -0.05) is 29.8 Å². The first kappa shape index (κ1) is 17.2. The lowest BCUT2D eigenvalue weighted by Gasteiger charge is -2.00. The Hall–Kier alpha value is -2.68. The van der Waals surface area contributed by atoms with E-state index in [1.165, 1.54) is 0 Å². The molecule has 0 saturated carbocycles. The summed E-state index contributed by atoms with van der Waals surface area (Å²) in [5.41, 5.74) is 2.78. The summed E-state index contributed by atoms with van der Waals surface area (Å²) in [4.78, 5) is 1.77. The zero-order valence-corrected chi connectivity index (χ0v) is 13.3. The molecular weight excluding hydrogens is 358 g/mol. The van der Waals surface area contributed by atoms with E-state index in [1.54, 1.807) is 4.80 Å². The van der Waals surface area contributed by atoms with Crippen LogP contribution in [0.5, 0.6) is 0 Å². The van der Waals surface area contributed by atoms with Crippen LogP contribution < -0.4 is 4.52 Å². The highest BCUT2D eigenvalue weighted by atomic mass is 35.5. The standard InChI is InChI=1S/C15H10ClN4.BF4/c16-12-6-8-13(9-7-12)20-18-17-15-10-5-11-3-1-2-4-14(11)19(15)20;2-1(3,4)5/h1-10H;/q+1;-1. The Morgan fingerprint density at radius 1 is 0.880 bits per heavy atom. The van der Waals surface area contributed by atoms with E-state index >= 15 is 0 Å². The topological polar surface area (TPSA) is 34.8 Å². The average molecular weight is 369 g/mol. The molecular formula is C15H10BClF4N4. The van der Waals surface area contributed by atoms with E-state index in [-0.39, 0.29) is 0 Å². The number of halogens is 5. The summed E-state index contributed by atoms with van der Waals surface area (Å²) < 4.78 is 41.0. The van der Waals surface area contributed by atoms with Crippen molar-refractivity contribution in [2.45, 2.75) is 0 Å². The Labute approximate surface area is 144 Å². The summed E-state index contributed by atoms with van der Waals surface area (Å²) >= 11 is 5.93. The van der Waals surface area contributed by atoms with Gasteiger partial charge in [0.05, 0.1) is 0 Å². The lowest BCUT2D eigenvalue weighted by Crippen LogP contribution is -2.33. The lowest BCUT2D eigenvalue weighted by atomic mass is 10.2. The first-order valence-electron chi connectivity index (χ1n) is 7.12. The molecule has 4 nitrogen and oxygen atoms in total. The second kappa shape index (κ2) is 6.68. The van der Waals surface area contributed by atoms with Gasteiger partial charge in [0.2, 0.25) is 0 Å². The maximum Gasteiger partial charge on any atom is 0.673 e. The molecule has 0 aliphatic heterocycles. The quantitative estimate of drug-likeness (QED) is 0.288. The minimum atomic E-state index is -6.00. The minimum Gasteiger partial charge on any atom is -0.418 e. The number of nitrogens with zero attached hydrogens (tertiary/aromatic N) is 4. The van der Waals surface area contributed by atoms with Gasteiger partial charge < -0.3 is 17.3 Å². The van der Waals surface area contributed by atoms with Crippen molar-refractivity contribution in [2.24, 2.45) is 0 Å². The first-order chi connectivity index (χ1) is 11.8. The van der Waals surface area contributed by atoms with Crippen molar-refractivity contribution in [1.29, 1.82) is 0 Å². The lowest BCUT2D eigenvalue weighted by molar-refractivity contribution is -0.577. The summed E-state index contributed by atoms with van der Waals surface area (Å²) in [7, 11) is -6.00. The van der Waals surface area contributed by atoms with Gasteiger partial charge in [-0.2, -0.15) is 0 Å². The summed E-state index contributed by atoms with van der Waals surface area (Å²) in [5.74, 6) is 0. The van der Waals surface area contributed by atoms with Gasteiger partial charge in [-0.05, 0) is 41.2 Å². The molecule has 4 aromatic rings. The van der Waals surface area contributed by atoms with Crippen LogP contribution in [0.3, 0.4) is 0 Å². The molecule has 0 bridgehead atoms. The molecule has 10 heteroatoms. The van der Waals surface area contributed by atoms with Crippen molar-refractivity contribution in [3.63, 3.8) is 0 Å². The summed E-state index contributed by atoms with van der Waals surface area (Å²) in [5, 5.41) is 10.3. The molecule has 0 aliphatic rings. The Morgan fingerprint density at radius 2 is 1.52 bits per heavy atom. The second-order valence-corrected chi connectivity index (χ2v) is 5.45. The van der Waals surface area contributed by atoms with E-state index in [0.717, 1.165) is 22.2 Å². The Morgan fingerprint density at radius 3 is 2.20 bits per heavy atom. The fraction of sp³-hybridized carbons (Fsp3) is 0. The SMILES string of the molecule is Clc1ccc(-n2nnc3ccc4ccccc4[n+]32)cc1.F[B-](F)(F)F. The van der Waals surface area contributed by atoms with Crippen LogP contribution in [-0.4, -0.2) is 22.4 Å². The van der Waals surface area contributed by atoms with E-state index in [9.17, 15) is 17.3 Å². The van der Waals surface area contributed by atoms with Crippen LogP contribution in [0, 0.1) is 0 Å². The van der Waals surface area contributed by atoms with E-state index in [2.05, 4.69) is 22.4 Å². The summed E-state index contributed by atoms with van der Waals surface area (Å²) in [6.07, 6.45) is 0. The van der Waals surface area contributed by atoms with Crippen LogP contribution >= 0.6 is 11.6 Å². The first-order valence-corrected chi connectivity index (χ1v) is 7.49. The molecule has 0 N–H and O–H groups in total. The van der Waals surface area contributed by atoms with E-state index in [1.807, 2.05) is 53.0 Å². The van der Waals surface area contributed by atoms with Crippen molar-refractivity contribution in [3.05, 3.63) is 65.7 Å². The molecule has 4 rings (SSSR count). The zero-order chi connectivity index (χ0) is 18.0. The zero-order valence-electron chi connectivity index (χ0n) is 12.5. The van der Waals surface area contributed by atoms with Gasteiger partial charge >= 0.3 is 12.9 Å². The van der Waals surface area contributed by atoms with Crippen LogP contribution in [0.2, 0.25) is 5.02 Å². The number of fused-ring (bicyclic) bond motifs is 3. The Bertz CT molecular complexity index is 1010. The fourth-order valence-corrected chi connectivity index (χ4v) is 2.45. The molecule has 2 aromatic heterocycles. The van der Waals surface area contributed by atoms with E-state index in [0.29, 0.717) is 5.02 Å². The van der Waals surface area contributed by atoms with Crippen molar-refractivity contribution in [1.82, 2.24) is 15.1 Å². The number of hydrogen-bond acceptors (Lipinski definition) is 2. The van der Waals surface area contributed by atoms with Gasteiger partial charge in [-0.15, -0.1) is 4.52 Å². The van der Waals surface area contributed by atoms with Gasteiger partial charge in [0.25, 0.3) is 0 Å². The maximum atomic E-state index is 9.75. The molecule has 0 amide bonds. The third-order valence-electron chi connectivity index (χ3n) is 3.27. The molecule has 128 valence electrons. The molecule has 0 atom stereocenters. The van der Waals surface area contributed by atoms with Crippen LogP contribution in [0.1, 0.15) is 0 Å². The third-order valence-corrected chi connectivity index (χ3v) is 3.52. The van der Waals surface area contributed by atoms with Crippen molar-refractivity contribution >= 4 is 35.4 Å². The Kier molecular flexibility index (Phi) is 4.58. The van der Waals surface area contributed by atoms with E-state index in [4.69, 9.17) is 11.6 Å². The van der Waals surface area contributed by atoms with Crippen molar-refractivity contribution in [3.8, 4) is 5.69 Å². The number of aromatic nitrogens is 4. The number of tetrazole rings is 1. The van der Waals surface area contributed by atoms with Gasteiger partial charge in [0.1, 0.15) is 16.3 Å². The summed E-state index contributed by atoms with van der Waals surface area (Å²) in [6.45, 7) is 0. The van der Waals surface area contributed by atoms with Gasteiger partial charge in [-0.3, -0.25) is 0 Å². The van der Waals surface area contributed by atoms with Crippen LogP contribution in [0.15, 0.2) is 60.7 Å². The van der Waals surface area contributed by atoms with Gasteiger partial charge in [0, 0.05) is 16.5 Å². The number of rotatable bonds is 1. The predicted molar refractivity (Wildman–Crippen MR) is 87.2 cm³/mol. The molecule has 0 unspecified atom stereocenters. The molecule has 0 fully saturated rings. The fourth-order valence-electron chi connectivity index (χ4n) is 2.32. The van der Waals surface area contributed by atoms with Crippen molar-refractivity contribution in [2.75, 3.05) is 0 Å². The molecule has 0 saturated heterocycles. The molecule has 2 aromatic carbocycles. The number of hydrogen-bond donors (Lipinski definition) is 0. The molecule has 25 heavy (non-hydrogen) atoms. The van der Waals surface area contributed by atoms with Gasteiger partial charge in [0.15, 0.2) is 5.21 Å². The van der Waals surface area contributed by atoms with Crippen LogP contribution in [0.25, 0.3) is 22.2 Å². The van der Waals surface area contributed by atoms with Crippen LogP contribution in [-0.2, 0) is 0 Å². The van der Waals surface area contributed by atoms with Gasteiger partial charge in [-0.25, -0.2) is 0 Å². The monoisotopic (exact) mass is 368 g/mol. The highest BCUT2D eigenvalue weighted by molar-refractivity contribution is 6.50. The maximum absolute atomic E-state index is 9.75. The second-order valence-electron chi connectivity index (χ2n) is 5.01. The number of pyridine rings is 1. The highest BCUT2D eigenvalue weighted by Crippen LogP contribution is 2.14. The number of para-hydroxylation sites is 1. The van der Waals surface area contributed by atoms with Crippen LogP contribution in [0.4, 0.5) is 17.3 Å². The predicted octanol–water partition coefficient (Wildman–Crippen LogP) is 4.11. The summed E-state index contributed by atoms with van der Waals surface area (Å²) in [6, 6.07) is 19.7. The normalized spacial score (nSPS) is 11.4. The van der Waals surface area contributed by atoms with Crippen molar-refractivity contribution < 1.29 is 21.8 Å². The van der Waals surface area contributed by atoms with E-state index < -0.39 is 7.25 Å².